The van der Waals surface area contributed by atoms with E-state index in [-0.39, 0.29) is 11.4 Å². The van der Waals surface area contributed by atoms with E-state index in [1.54, 1.807) is 23.5 Å². The van der Waals surface area contributed by atoms with Gasteiger partial charge in [0.1, 0.15) is 10.8 Å². The number of aryl methyl sites for hydroxylation is 3. The molecule has 1 N–H and O–H groups in total. The topological polar surface area (TPSA) is 24.9 Å². The molecule has 3 rings (SSSR count). The van der Waals surface area contributed by atoms with Crippen LogP contribution in [-0.4, -0.2) is 12.0 Å². The number of nitrogens with one attached hydrogen (secondary N) is 1. The van der Waals surface area contributed by atoms with Crippen LogP contribution in [0.5, 0.6) is 0 Å². The molecule has 1 unspecified atom stereocenters. The summed E-state index contributed by atoms with van der Waals surface area (Å²) in [5.74, 6) is -0.155. The summed E-state index contributed by atoms with van der Waals surface area (Å²) in [7, 11) is 1.96. The zero-order valence-corrected chi connectivity index (χ0v) is 12.2. The van der Waals surface area contributed by atoms with Gasteiger partial charge < -0.3 is 5.32 Å². The minimum absolute atomic E-state index is 0.155. The van der Waals surface area contributed by atoms with E-state index in [0.717, 1.165) is 29.1 Å². The molecule has 2 aromatic rings. The van der Waals surface area contributed by atoms with Crippen LogP contribution in [0.4, 0.5) is 4.39 Å². The molecule has 1 aliphatic rings. The molecule has 0 radical (unpaired) electrons. The molecule has 0 bridgehead atoms. The van der Waals surface area contributed by atoms with Crippen LogP contribution in [0.25, 0.3) is 0 Å². The highest BCUT2D eigenvalue weighted by molar-refractivity contribution is 7.11. The third kappa shape index (κ3) is 1.82. The standard InChI is InChI=1S/C15H17FN2S/c1-9-10(2)19-14(18-9)15(17-3)7-6-11-8-12(16)4-5-13(11)15/h4-5,8,17H,6-7H2,1-3H3. The largest absolute Gasteiger partial charge is 0.305 e. The fourth-order valence-corrected chi connectivity index (χ4v) is 4.04. The van der Waals surface area contributed by atoms with Crippen molar-refractivity contribution < 1.29 is 4.39 Å². The van der Waals surface area contributed by atoms with Gasteiger partial charge in [0, 0.05) is 4.88 Å². The molecule has 2 nitrogen and oxygen atoms in total. The van der Waals surface area contributed by atoms with E-state index in [9.17, 15) is 4.39 Å². The SMILES string of the molecule is CNC1(c2nc(C)c(C)s2)CCc2cc(F)ccc21. The van der Waals surface area contributed by atoms with Gasteiger partial charge in [0.05, 0.1) is 11.2 Å². The van der Waals surface area contributed by atoms with Gasteiger partial charge in [0.15, 0.2) is 0 Å². The summed E-state index contributed by atoms with van der Waals surface area (Å²) < 4.78 is 13.4. The van der Waals surface area contributed by atoms with Gasteiger partial charge in [0.25, 0.3) is 0 Å². The van der Waals surface area contributed by atoms with Gasteiger partial charge in [-0.1, -0.05) is 6.07 Å². The van der Waals surface area contributed by atoms with Crippen molar-refractivity contribution >= 4 is 11.3 Å². The minimum atomic E-state index is -0.243. The monoisotopic (exact) mass is 276 g/mol. The van der Waals surface area contributed by atoms with Crippen LogP contribution in [0, 0.1) is 19.7 Å². The second kappa shape index (κ2) is 4.39. The number of aromatic nitrogens is 1. The molecule has 1 aromatic carbocycles. The molecule has 1 aromatic heterocycles. The van der Waals surface area contributed by atoms with Crippen molar-refractivity contribution in [2.45, 2.75) is 32.2 Å². The number of nitrogens with zero attached hydrogens (tertiary/aromatic N) is 1. The summed E-state index contributed by atoms with van der Waals surface area (Å²) in [6.07, 6.45) is 1.83. The zero-order valence-electron chi connectivity index (χ0n) is 11.4. The lowest BCUT2D eigenvalue weighted by Gasteiger charge is -2.27. The molecule has 0 spiro atoms. The first-order valence-corrected chi connectivity index (χ1v) is 7.31. The van der Waals surface area contributed by atoms with Gasteiger partial charge >= 0.3 is 0 Å². The molecular formula is C15H17FN2S. The average molecular weight is 276 g/mol. The van der Waals surface area contributed by atoms with Crippen LogP contribution < -0.4 is 5.32 Å². The molecular weight excluding hydrogens is 259 g/mol. The van der Waals surface area contributed by atoms with E-state index < -0.39 is 0 Å². The summed E-state index contributed by atoms with van der Waals surface area (Å²) >= 11 is 1.74. The minimum Gasteiger partial charge on any atom is -0.305 e. The predicted octanol–water partition coefficient (Wildman–Crippen LogP) is 3.31. The van der Waals surface area contributed by atoms with E-state index in [4.69, 9.17) is 4.98 Å². The number of hydrogen-bond donors (Lipinski definition) is 1. The Labute approximate surface area is 116 Å². The van der Waals surface area contributed by atoms with E-state index in [1.807, 2.05) is 20.0 Å². The lowest BCUT2D eigenvalue weighted by atomic mass is 9.92. The summed E-state index contributed by atoms with van der Waals surface area (Å²) in [5, 5.41) is 4.53. The van der Waals surface area contributed by atoms with Crippen LogP contribution in [-0.2, 0) is 12.0 Å². The third-order valence-electron chi connectivity index (χ3n) is 4.12. The van der Waals surface area contributed by atoms with Crippen molar-refractivity contribution in [3.05, 3.63) is 50.7 Å². The molecule has 0 saturated heterocycles. The van der Waals surface area contributed by atoms with E-state index in [2.05, 4.69) is 12.2 Å². The molecule has 0 saturated carbocycles. The van der Waals surface area contributed by atoms with Gasteiger partial charge in [0.2, 0.25) is 0 Å². The summed E-state index contributed by atoms with van der Waals surface area (Å²) in [4.78, 5) is 5.97. The first-order chi connectivity index (χ1) is 9.06. The zero-order chi connectivity index (χ0) is 13.6. The van der Waals surface area contributed by atoms with Crippen molar-refractivity contribution in [1.82, 2.24) is 10.3 Å². The van der Waals surface area contributed by atoms with Gasteiger partial charge in [-0.15, -0.1) is 11.3 Å². The average Bonchev–Trinajstić information content (AvgIpc) is 2.91. The molecule has 100 valence electrons. The number of hydrogen-bond acceptors (Lipinski definition) is 3. The van der Waals surface area contributed by atoms with Crippen molar-refractivity contribution in [2.24, 2.45) is 0 Å². The third-order valence-corrected chi connectivity index (χ3v) is 5.35. The lowest BCUT2D eigenvalue weighted by Crippen LogP contribution is -2.38. The number of rotatable bonds is 2. The summed E-state index contributed by atoms with van der Waals surface area (Å²) in [6, 6.07) is 5.10. The molecule has 1 atom stereocenters. The molecule has 4 heteroatoms. The Kier molecular flexibility index (Phi) is 2.95. The molecule has 0 aliphatic heterocycles. The molecule has 19 heavy (non-hydrogen) atoms. The van der Waals surface area contributed by atoms with Crippen molar-refractivity contribution in [3.8, 4) is 0 Å². The first kappa shape index (κ1) is 12.8. The highest BCUT2D eigenvalue weighted by Gasteiger charge is 2.41. The Morgan fingerprint density at radius 2 is 2.16 bits per heavy atom. The molecule has 0 amide bonds. The van der Waals surface area contributed by atoms with Gasteiger partial charge in [-0.2, -0.15) is 0 Å². The lowest BCUT2D eigenvalue weighted by molar-refractivity contribution is 0.433. The van der Waals surface area contributed by atoms with Gasteiger partial charge in [-0.05, 0) is 57.0 Å². The fourth-order valence-electron chi connectivity index (χ4n) is 2.89. The Bertz CT molecular complexity index is 616. The summed E-state index contributed by atoms with van der Waals surface area (Å²) in [5.41, 5.74) is 3.11. The fraction of sp³-hybridized carbons (Fsp3) is 0.400. The maximum Gasteiger partial charge on any atom is 0.123 e. The Morgan fingerprint density at radius 3 is 2.79 bits per heavy atom. The second-order valence-electron chi connectivity index (χ2n) is 5.12. The van der Waals surface area contributed by atoms with Crippen LogP contribution in [0.2, 0.25) is 0 Å². The predicted molar refractivity (Wildman–Crippen MR) is 76.1 cm³/mol. The number of halogens is 1. The number of fused-ring (bicyclic) bond motifs is 1. The summed E-state index contributed by atoms with van der Waals surface area (Å²) in [6.45, 7) is 4.14. The highest BCUT2D eigenvalue weighted by Crippen LogP contribution is 2.43. The Balaban J connectivity index is 2.17. The molecule has 1 aliphatic carbocycles. The quantitative estimate of drug-likeness (QED) is 0.910. The van der Waals surface area contributed by atoms with Gasteiger partial charge in [-0.25, -0.2) is 9.37 Å². The van der Waals surface area contributed by atoms with Crippen LogP contribution >= 0.6 is 11.3 Å². The maximum absolute atomic E-state index is 13.4. The Morgan fingerprint density at radius 1 is 1.37 bits per heavy atom. The molecule has 1 heterocycles. The smallest absolute Gasteiger partial charge is 0.123 e. The van der Waals surface area contributed by atoms with Crippen LogP contribution in [0.1, 0.15) is 33.1 Å². The van der Waals surface area contributed by atoms with E-state index in [0.29, 0.717) is 0 Å². The second-order valence-corrected chi connectivity index (χ2v) is 6.32. The van der Waals surface area contributed by atoms with Crippen molar-refractivity contribution in [3.63, 3.8) is 0 Å². The van der Waals surface area contributed by atoms with Gasteiger partial charge in [-0.3, -0.25) is 0 Å². The van der Waals surface area contributed by atoms with Crippen LogP contribution in [0.15, 0.2) is 18.2 Å². The first-order valence-electron chi connectivity index (χ1n) is 6.49. The van der Waals surface area contributed by atoms with E-state index in [1.165, 1.54) is 10.4 Å². The van der Waals surface area contributed by atoms with Crippen LogP contribution in [0.3, 0.4) is 0 Å². The maximum atomic E-state index is 13.4. The van der Waals surface area contributed by atoms with E-state index >= 15 is 0 Å². The number of benzene rings is 1. The highest BCUT2D eigenvalue weighted by atomic mass is 32.1. The normalized spacial score (nSPS) is 21.7. The Hall–Kier alpha value is -1.26. The van der Waals surface area contributed by atoms with Crippen molar-refractivity contribution in [2.75, 3.05) is 7.05 Å². The number of thiazole rings is 1. The molecule has 0 fully saturated rings. The van der Waals surface area contributed by atoms with Crippen molar-refractivity contribution in [1.29, 1.82) is 0 Å².